The van der Waals surface area contributed by atoms with Crippen LogP contribution < -0.4 is 0 Å². The quantitative estimate of drug-likeness (QED) is 0.753. The van der Waals surface area contributed by atoms with Crippen LogP contribution in [0.25, 0.3) is 5.57 Å². The maximum atomic E-state index is 13.1. The Morgan fingerprint density at radius 3 is 2.20 bits per heavy atom. The Balaban J connectivity index is 1.96. The van der Waals surface area contributed by atoms with Crippen LogP contribution in [-0.4, -0.2) is 22.0 Å². The fraction of sp³-hybridized carbons (Fsp3) is 0.200. The minimum atomic E-state index is -0.345. The summed E-state index contributed by atoms with van der Waals surface area (Å²) in [5.74, 6) is -0.933. The molecular weight excluding hydrogens is 337 g/mol. The SMILES string of the molecule is CC(C)SC1=C(c2ccccc2)C(=O)N(Cc2ccc(F)cc2)C1=O. The average molecular weight is 355 g/mol. The summed E-state index contributed by atoms with van der Waals surface area (Å²) in [5.41, 5.74) is 1.91. The van der Waals surface area contributed by atoms with E-state index in [1.54, 1.807) is 12.1 Å². The largest absolute Gasteiger partial charge is 0.269 e. The van der Waals surface area contributed by atoms with Crippen molar-refractivity contribution in [3.05, 3.63) is 76.4 Å². The summed E-state index contributed by atoms with van der Waals surface area (Å²) in [4.78, 5) is 27.5. The molecule has 0 aliphatic carbocycles. The molecule has 25 heavy (non-hydrogen) atoms. The molecule has 1 heterocycles. The lowest BCUT2D eigenvalue weighted by Crippen LogP contribution is -2.31. The van der Waals surface area contributed by atoms with Crippen LogP contribution in [0.2, 0.25) is 0 Å². The van der Waals surface area contributed by atoms with E-state index < -0.39 is 0 Å². The molecule has 0 radical (unpaired) electrons. The zero-order valence-corrected chi connectivity index (χ0v) is 14.8. The minimum Gasteiger partial charge on any atom is -0.269 e. The molecule has 3 nitrogen and oxygen atoms in total. The summed E-state index contributed by atoms with van der Waals surface area (Å²) >= 11 is 1.40. The van der Waals surface area contributed by atoms with Gasteiger partial charge in [0.1, 0.15) is 5.82 Å². The topological polar surface area (TPSA) is 37.4 Å². The number of carbonyl (C=O) groups excluding carboxylic acids is 2. The summed E-state index contributed by atoms with van der Waals surface area (Å²) in [6, 6.07) is 15.1. The molecule has 1 aliphatic heterocycles. The van der Waals surface area contributed by atoms with Gasteiger partial charge in [0, 0.05) is 5.25 Å². The molecule has 0 spiro atoms. The highest BCUT2D eigenvalue weighted by Gasteiger charge is 2.39. The van der Waals surface area contributed by atoms with Gasteiger partial charge in [-0.15, -0.1) is 11.8 Å². The normalized spacial score (nSPS) is 14.8. The van der Waals surface area contributed by atoms with E-state index in [9.17, 15) is 14.0 Å². The first-order valence-electron chi connectivity index (χ1n) is 8.04. The highest BCUT2D eigenvalue weighted by atomic mass is 32.2. The van der Waals surface area contributed by atoms with Gasteiger partial charge in [-0.25, -0.2) is 4.39 Å². The number of amides is 2. The third kappa shape index (κ3) is 3.66. The second kappa shape index (κ2) is 7.23. The Kier molecular flexibility index (Phi) is 5.04. The number of hydrogen-bond donors (Lipinski definition) is 0. The number of carbonyl (C=O) groups is 2. The number of nitrogens with zero attached hydrogens (tertiary/aromatic N) is 1. The van der Waals surface area contributed by atoms with Crippen molar-refractivity contribution in [3.8, 4) is 0 Å². The van der Waals surface area contributed by atoms with Crippen molar-refractivity contribution in [3.63, 3.8) is 0 Å². The number of imide groups is 1. The van der Waals surface area contributed by atoms with Crippen LogP contribution in [0.5, 0.6) is 0 Å². The van der Waals surface area contributed by atoms with Gasteiger partial charge in [0.25, 0.3) is 11.8 Å². The molecule has 2 aromatic carbocycles. The summed E-state index contributed by atoms with van der Waals surface area (Å²) in [6.45, 7) is 4.11. The molecule has 0 aromatic heterocycles. The molecule has 5 heteroatoms. The molecule has 0 N–H and O–H groups in total. The molecule has 2 aromatic rings. The van der Waals surface area contributed by atoms with Crippen molar-refractivity contribution < 1.29 is 14.0 Å². The van der Waals surface area contributed by atoms with Crippen LogP contribution in [0.3, 0.4) is 0 Å². The van der Waals surface area contributed by atoms with Gasteiger partial charge in [0.15, 0.2) is 0 Å². The van der Waals surface area contributed by atoms with E-state index in [4.69, 9.17) is 0 Å². The monoisotopic (exact) mass is 355 g/mol. The van der Waals surface area contributed by atoms with E-state index >= 15 is 0 Å². The third-order valence-corrected chi connectivity index (χ3v) is 4.88. The second-order valence-corrected chi connectivity index (χ2v) is 7.65. The number of thioether (sulfide) groups is 1. The van der Waals surface area contributed by atoms with E-state index in [0.717, 1.165) is 5.56 Å². The Hall–Kier alpha value is -2.40. The lowest BCUT2D eigenvalue weighted by Gasteiger charge is -2.15. The van der Waals surface area contributed by atoms with Gasteiger partial charge in [-0.1, -0.05) is 56.3 Å². The molecule has 0 unspecified atom stereocenters. The fourth-order valence-corrected chi connectivity index (χ4v) is 3.68. The smallest absolute Gasteiger partial charge is 0.268 e. The first-order valence-corrected chi connectivity index (χ1v) is 8.92. The maximum absolute atomic E-state index is 13.1. The van der Waals surface area contributed by atoms with Gasteiger partial charge < -0.3 is 0 Å². The van der Waals surface area contributed by atoms with E-state index in [1.807, 2.05) is 44.2 Å². The van der Waals surface area contributed by atoms with Crippen molar-refractivity contribution in [1.29, 1.82) is 0 Å². The third-order valence-electron chi connectivity index (χ3n) is 3.80. The van der Waals surface area contributed by atoms with E-state index in [-0.39, 0.29) is 29.4 Å². The van der Waals surface area contributed by atoms with Gasteiger partial charge in [-0.2, -0.15) is 0 Å². The highest BCUT2D eigenvalue weighted by molar-refractivity contribution is 8.04. The predicted octanol–water partition coefficient (Wildman–Crippen LogP) is 4.25. The number of benzene rings is 2. The van der Waals surface area contributed by atoms with Gasteiger partial charge in [-0.3, -0.25) is 14.5 Å². The number of halogens is 1. The van der Waals surface area contributed by atoms with Crippen LogP contribution in [0, 0.1) is 5.82 Å². The van der Waals surface area contributed by atoms with Crippen molar-refractivity contribution in [2.75, 3.05) is 0 Å². The summed E-state index contributed by atoms with van der Waals surface area (Å²) in [7, 11) is 0. The zero-order valence-electron chi connectivity index (χ0n) is 14.0. The Morgan fingerprint density at radius 1 is 0.960 bits per heavy atom. The van der Waals surface area contributed by atoms with E-state index in [0.29, 0.717) is 16.0 Å². The molecule has 0 fully saturated rings. The minimum absolute atomic E-state index is 0.135. The fourth-order valence-electron chi connectivity index (χ4n) is 2.67. The Labute approximate surface area is 150 Å². The molecule has 0 bridgehead atoms. The lowest BCUT2D eigenvalue weighted by molar-refractivity contribution is -0.137. The molecule has 128 valence electrons. The molecule has 0 saturated carbocycles. The van der Waals surface area contributed by atoms with Gasteiger partial charge in [-0.05, 0) is 23.3 Å². The lowest BCUT2D eigenvalue weighted by atomic mass is 10.1. The highest BCUT2D eigenvalue weighted by Crippen LogP contribution is 2.38. The first-order chi connectivity index (χ1) is 12.0. The Bertz CT molecular complexity index is 829. The molecule has 0 saturated heterocycles. The summed E-state index contributed by atoms with van der Waals surface area (Å²) in [6.07, 6.45) is 0. The Morgan fingerprint density at radius 2 is 1.60 bits per heavy atom. The van der Waals surface area contributed by atoms with Gasteiger partial charge in [0.05, 0.1) is 17.0 Å². The molecule has 3 rings (SSSR count). The molecule has 2 amide bonds. The molecule has 1 aliphatic rings. The molecular formula is C20H18FNO2S. The predicted molar refractivity (Wildman–Crippen MR) is 98.0 cm³/mol. The van der Waals surface area contributed by atoms with Gasteiger partial charge >= 0.3 is 0 Å². The van der Waals surface area contributed by atoms with Crippen LogP contribution in [0.15, 0.2) is 59.5 Å². The van der Waals surface area contributed by atoms with Crippen LogP contribution in [0.1, 0.15) is 25.0 Å². The maximum Gasteiger partial charge on any atom is 0.268 e. The summed E-state index contributed by atoms with van der Waals surface area (Å²) in [5, 5.41) is 0.177. The van der Waals surface area contributed by atoms with Crippen LogP contribution in [-0.2, 0) is 16.1 Å². The van der Waals surface area contributed by atoms with Crippen molar-refractivity contribution in [2.45, 2.75) is 25.6 Å². The van der Waals surface area contributed by atoms with Crippen molar-refractivity contribution in [2.24, 2.45) is 0 Å². The first kappa shape index (κ1) is 17.4. The van der Waals surface area contributed by atoms with E-state index in [1.165, 1.54) is 28.8 Å². The second-order valence-electron chi connectivity index (χ2n) is 6.06. The van der Waals surface area contributed by atoms with Crippen LogP contribution >= 0.6 is 11.8 Å². The molecule has 0 atom stereocenters. The van der Waals surface area contributed by atoms with Crippen LogP contribution in [0.4, 0.5) is 4.39 Å². The number of hydrogen-bond acceptors (Lipinski definition) is 3. The average Bonchev–Trinajstić information content (AvgIpc) is 2.81. The van der Waals surface area contributed by atoms with Crippen molar-refractivity contribution >= 4 is 29.1 Å². The number of rotatable bonds is 5. The van der Waals surface area contributed by atoms with Gasteiger partial charge in [0.2, 0.25) is 0 Å². The summed E-state index contributed by atoms with van der Waals surface area (Å²) < 4.78 is 13.1. The van der Waals surface area contributed by atoms with Crippen molar-refractivity contribution in [1.82, 2.24) is 4.90 Å². The standard InChI is InChI=1S/C20H18FNO2S/c1-13(2)25-18-17(15-6-4-3-5-7-15)19(23)22(20(18)24)12-14-8-10-16(21)11-9-14/h3-11,13H,12H2,1-2H3. The van der Waals surface area contributed by atoms with E-state index in [2.05, 4.69) is 0 Å². The zero-order chi connectivity index (χ0) is 18.0.